The number of hydrogen-bond acceptors (Lipinski definition) is 6. The molecule has 2 N–H and O–H groups in total. The third-order valence-corrected chi connectivity index (χ3v) is 5.38. The van der Waals surface area contributed by atoms with E-state index in [-0.39, 0.29) is 18.4 Å². The zero-order chi connectivity index (χ0) is 20.1. The van der Waals surface area contributed by atoms with Crippen molar-refractivity contribution in [2.75, 3.05) is 11.0 Å². The highest BCUT2D eigenvalue weighted by Crippen LogP contribution is 2.24. The molecule has 1 amide bonds. The molecule has 3 aromatic rings. The average Bonchev–Trinajstić information content (AvgIpc) is 3.09. The Labute approximate surface area is 167 Å². The summed E-state index contributed by atoms with van der Waals surface area (Å²) in [7, 11) is -3.41. The lowest BCUT2D eigenvalue weighted by Gasteiger charge is -2.18. The maximum atomic E-state index is 12.4. The van der Waals surface area contributed by atoms with Gasteiger partial charge in [-0.25, -0.2) is 13.4 Å². The molecule has 2 aromatic heterocycles. The quantitative estimate of drug-likeness (QED) is 0.617. The molecule has 0 aliphatic rings. The van der Waals surface area contributed by atoms with Gasteiger partial charge in [-0.05, 0) is 30.7 Å². The van der Waals surface area contributed by atoms with Crippen LogP contribution in [0.5, 0.6) is 0 Å². The van der Waals surface area contributed by atoms with Crippen molar-refractivity contribution < 1.29 is 13.2 Å². The SMILES string of the molecule is CC(NC(=O)Cc1csc(-c2ccccn2)n1)c1ccccc1NS(C)(=O)=O. The number of pyridine rings is 1. The predicted octanol–water partition coefficient (Wildman–Crippen LogP) is 3.00. The van der Waals surface area contributed by atoms with Gasteiger partial charge < -0.3 is 5.32 Å². The Hall–Kier alpha value is -2.78. The molecular formula is C19H20N4O3S2. The van der Waals surface area contributed by atoms with Crippen molar-refractivity contribution in [2.45, 2.75) is 19.4 Å². The maximum absolute atomic E-state index is 12.4. The maximum Gasteiger partial charge on any atom is 0.229 e. The minimum Gasteiger partial charge on any atom is -0.349 e. The minimum absolute atomic E-state index is 0.134. The number of carbonyl (C=O) groups excluding carboxylic acids is 1. The van der Waals surface area contributed by atoms with Gasteiger partial charge in [-0.1, -0.05) is 24.3 Å². The smallest absolute Gasteiger partial charge is 0.229 e. The zero-order valence-electron chi connectivity index (χ0n) is 15.4. The monoisotopic (exact) mass is 416 g/mol. The summed E-state index contributed by atoms with van der Waals surface area (Å²) in [6.07, 6.45) is 2.93. The van der Waals surface area contributed by atoms with Crippen molar-refractivity contribution in [3.8, 4) is 10.7 Å². The molecule has 7 nitrogen and oxygen atoms in total. The summed E-state index contributed by atoms with van der Waals surface area (Å²) in [5, 5.41) is 5.50. The highest BCUT2D eigenvalue weighted by atomic mass is 32.2. The molecule has 1 atom stereocenters. The van der Waals surface area contributed by atoms with E-state index < -0.39 is 10.0 Å². The third-order valence-electron chi connectivity index (χ3n) is 3.88. The molecule has 0 radical (unpaired) electrons. The van der Waals surface area contributed by atoms with Crippen molar-refractivity contribution in [1.29, 1.82) is 0 Å². The fourth-order valence-electron chi connectivity index (χ4n) is 2.70. The van der Waals surface area contributed by atoms with E-state index >= 15 is 0 Å². The normalized spacial score (nSPS) is 12.4. The number of benzene rings is 1. The summed E-state index contributed by atoms with van der Waals surface area (Å²) in [4.78, 5) is 21.2. The summed E-state index contributed by atoms with van der Waals surface area (Å²) in [5.41, 5.74) is 2.57. The molecule has 0 aliphatic carbocycles. The van der Waals surface area contributed by atoms with Gasteiger partial charge in [0.25, 0.3) is 0 Å². The number of hydrogen-bond donors (Lipinski definition) is 2. The van der Waals surface area contributed by atoms with Crippen molar-refractivity contribution in [2.24, 2.45) is 0 Å². The Bertz CT molecular complexity index is 1070. The van der Waals surface area contributed by atoms with Gasteiger partial charge >= 0.3 is 0 Å². The van der Waals surface area contributed by atoms with Crippen LogP contribution in [0.3, 0.4) is 0 Å². The number of carbonyl (C=O) groups is 1. The van der Waals surface area contributed by atoms with Gasteiger partial charge in [0.2, 0.25) is 15.9 Å². The number of para-hydroxylation sites is 1. The number of amides is 1. The van der Waals surface area contributed by atoms with E-state index in [0.717, 1.165) is 17.0 Å². The first kappa shape index (κ1) is 20.0. The number of anilines is 1. The molecule has 9 heteroatoms. The van der Waals surface area contributed by atoms with E-state index in [0.29, 0.717) is 16.9 Å². The van der Waals surface area contributed by atoms with Crippen LogP contribution in [-0.4, -0.2) is 30.5 Å². The number of nitrogens with one attached hydrogen (secondary N) is 2. The van der Waals surface area contributed by atoms with Crippen LogP contribution < -0.4 is 10.0 Å². The number of aromatic nitrogens is 2. The van der Waals surface area contributed by atoms with Gasteiger partial charge in [0.05, 0.1) is 35.8 Å². The first-order valence-corrected chi connectivity index (χ1v) is 11.3. The summed E-state index contributed by atoms with van der Waals surface area (Å²) < 4.78 is 25.6. The fourth-order valence-corrected chi connectivity index (χ4v) is 4.08. The van der Waals surface area contributed by atoms with E-state index in [9.17, 15) is 13.2 Å². The van der Waals surface area contributed by atoms with Gasteiger partial charge in [0, 0.05) is 11.6 Å². The first-order chi connectivity index (χ1) is 13.3. The predicted molar refractivity (Wildman–Crippen MR) is 111 cm³/mol. The second kappa shape index (κ2) is 8.49. The van der Waals surface area contributed by atoms with Crippen LogP contribution in [0, 0.1) is 0 Å². The van der Waals surface area contributed by atoms with Gasteiger partial charge in [-0.15, -0.1) is 11.3 Å². The molecule has 2 heterocycles. The molecule has 0 saturated heterocycles. The standard InChI is InChI=1S/C19H20N4O3S2/c1-13(15-7-3-4-8-16(15)23-28(2,25)26)21-18(24)11-14-12-27-19(22-14)17-9-5-6-10-20-17/h3-10,12-13,23H,11H2,1-2H3,(H,21,24). The molecule has 0 fully saturated rings. The van der Waals surface area contributed by atoms with Crippen LogP contribution in [0.2, 0.25) is 0 Å². The Morgan fingerprint density at radius 2 is 1.93 bits per heavy atom. The Balaban J connectivity index is 1.67. The van der Waals surface area contributed by atoms with E-state index in [1.165, 1.54) is 11.3 Å². The lowest BCUT2D eigenvalue weighted by Crippen LogP contribution is -2.29. The molecule has 0 aliphatic heterocycles. The topological polar surface area (TPSA) is 101 Å². The highest BCUT2D eigenvalue weighted by Gasteiger charge is 2.16. The fraction of sp³-hybridized carbons (Fsp3) is 0.211. The first-order valence-electron chi connectivity index (χ1n) is 8.54. The lowest BCUT2D eigenvalue weighted by molar-refractivity contribution is -0.121. The van der Waals surface area contributed by atoms with Crippen molar-refractivity contribution in [3.63, 3.8) is 0 Å². The molecule has 28 heavy (non-hydrogen) atoms. The Kier molecular flexibility index (Phi) is 6.05. The van der Waals surface area contributed by atoms with E-state index in [1.807, 2.05) is 23.6 Å². The molecule has 3 rings (SSSR count). The van der Waals surface area contributed by atoms with Crippen LogP contribution in [-0.2, 0) is 21.2 Å². The Morgan fingerprint density at radius 3 is 2.64 bits per heavy atom. The van der Waals surface area contributed by atoms with Gasteiger partial charge in [0.15, 0.2) is 0 Å². The van der Waals surface area contributed by atoms with Crippen molar-refractivity contribution >= 4 is 33.0 Å². The molecule has 0 bridgehead atoms. The largest absolute Gasteiger partial charge is 0.349 e. The van der Waals surface area contributed by atoms with Crippen LogP contribution in [0.4, 0.5) is 5.69 Å². The highest BCUT2D eigenvalue weighted by molar-refractivity contribution is 7.92. The summed E-state index contributed by atoms with van der Waals surface area (Å²) in [5.74, 6) is -0.195. The second-order valence-corrected chi connectivity index (χ2v) is 8.89. The second-order valence-electron chi connectivity index (χ2n) is 6.29. The number of sulfonamides is 1. The van der Waals surface area contributed by atoms with Crippen LogP contribution in [0.25, 0.3) is 10.7 Å². The molecule has 0 spiro atoms. The lowest BCUT2D eigenvalue weighted by atomic mass is 10.1. The van der Waals surface area contributed by atoms with E-state index in [1.54, 1.807) is 37.4 Å². The Morgan fingerprint density at radius 1 is 1.18 bits per heavy atom. The van der Waals surface area contributed by atoms with E-state index in [2.05, 4.69) is 20.0 Å². The molecular weight excluding hydrogens is 396 g/mol. The number of nitrogens with zero attached hydrogens (tertiary/aromatic N) is 2. The van der Waals surface area contributed by atoms with Gasteiger partial charge in [-0.3, -0.25) is 14.5 Å². The molecule has 1 unspecified atom stereocenters. The van der Waals surface area contributed by atoms with Crippen LogP contribution in [0.1, 0.15) is 24.2 Å². The molecule has 0 saturated carbocycles. The minimum atomic E-state index is -3.41. The van der Waals surface area contributed by atoms with Crippen molar-refractivity contribution in [1.82, 2.24) is 15.3 Å². The van der Waals surface area contributed by atoms with Gasteiger partial charge in [-0.2, -0.15) is 0 Å². The van der Waals surface area contributed by atoms with Crippen LogP contribution in [0.15, 0.2) is 54.0 Å². The molecule has 146 valence electrons. The van der Waals surface area contributed by atoms with Gasteiger partial charge in [0.1, 0.15) is 5.01 Å². The van der Waals surface area contributed by atoms with Crippen LogP contribution >= 0.6 is 11.3 Å². The number of thiazole rings is 1. The summed E-state index contributed by atoms with van der Waals surface area (Å²) in [6, 6.07) is 12.2. The summed E-state index contributed by atoms with van der Waals surface area (Å²) >= 11 is 1.44. The average molecular weight is 417 g/mol. The third kappa shape index (κ3) is 5.37. The molecule has 1 aromatic carbocycles. The van der Waals surface area contributed by atoms with Crippen molar-refractivity contribution in [3.05, 3.63) is 65.3 Å². The zero-order valence-corrected chi connectivity index (χ0v) is 17.0. The summed E-state index contributed by atoms with van der Waals surface area (Å²) in [6.45, 7) is 1.81. The van der Waals surface area contributed by atoms with E-state index in [4.69, 9.17) is 0 Å². The number of rotatable bonds is 7.